The van der Waals surface area contributed by atoms with Gasteiger partial charge in [-0.05, 0) is 51.0 Å². The van der Waals surface area contributed by atoms with Gasteiger partial charge in [-0.15, -0.1) is 0 Å². The van der Waals surface area contributed by atoms with Gasteiger partial charge in [0.1, 0.15) is 18.2 Å². The molecule has 0 saturated carbocycles. The minimum atomic E-state index is -0.463. The summed E-state index contributed by atoms with van der Waals surface area (Å²) in [4.78, 5) is 35.7. The Morgan fingerprint density at radius 1 is 1.18 bits per heavy atom. The third-order valence-electron chi connectivity index (χ3n) is 7.76. The molecule has 5 heteroatoms. The Morgan fingerprint density at radius 2 is 1.89 bits per heavy atom. The van der Waals surface area contributed by atoms with Crippen molar-refractivity contribution in [3.8, 4) is 0 Å². The number of Topliss-reactive ketones (excluding diaryl/α,β-unsaturated/α-hetero) is 1. The molecular weight excluding hydrogens is 476 g/mol. The Balaban J connectivity index is 1.91. The molecule has 38 heavy (non-hydrogen) atoms. The fraction of sp³-hybridized carbons (Fsp3) is 0.606. The molecule has 0 radical (unpaired) electrons. The topological polar surface area (TPSA) is 69.7 Å². The smallest absolute Gasteiger partial charge is 0.331 e. The van der Waals surface area contributed by atoms with Crippen molar-refractivity contribution < 1.29 is 23.9 Å². The summed E-state index contributed by atoms with van der Waals surface area (Å²) >= 11 is 0. The van der Waals surface area contributed by atoms with Crippen molar-refractivity contribution in [1.29, 1.82) is 0 Å². The monoisotopic (exact) mass is 524 g/mol. The molecule has 1 fully saturated rings. The van der Waals surface area contributed by atoms with E-state index in [-0.39, 0.29) is 47.6 Å². The zero-order valence-electron chi connectivity index (χ0n) is 24.6. The van der Waals surface area contributed by atoms with Crippen molar-refractivity contribution in [2.45, 2.75) is 98.9 Å². The van der Waals surface area contributed by atoms with Gasteiger partial charge in [0.15, 0.2) is 0 Å². The highest BCUT2D eigenvalue weighted by Crippen LogP contribution is 2.40. The first-order chi connectivity index (χ1) is 17.9. The first kappa shape index (κ1) is 31.7. The van der Waals surface area contributed by atoms with E-state index in [0.717, 1.165) is 31.1 Å². The van der Waals surface area contributed by atoms with Gasteiger partial charge >= 0.3 is 5.97 Å². The number of rotatable bonds is 13. The molecule has 210 valence electrons. The van der Waals surface area contributed by atoms with E-state index in [4.69, 9.17) is 9.47 Å². The molecule has 8 unspecified atom stereocenters. The highest BCUT2D eigenvalue weighted by atomic mass is 16.5. The molecule has 0 aromatic rings. The van der Waals surface area contributed by atoms with E-state index < -0.39 is 5.60 Å². The van der Waals surface area contributed by atoms with Gasteiger partial charge in [-0.25, -0.2) is 4.79 Å². The van der Waals surface area contributed by atoms with Gasteiger partial charge in [0.2, 0.25) is 0 Å². The van der Waals surface area contributed by atoms with E-state index in [1.54, 1.807) is 0 Å². The van der Waals surface area contributed by atoms with Crippen molar-refractivity contribution >= 4 is 18.0 Å². The van der Waals surface area contributed by atoms with Crippen LogP contribution < -0.4 is 0 Å². The van der Waals surface area contributed by atoms with Crippen LogP contribution in [0.4, 0.5) is 0 Å². The van der Waals surface area contributed by atoms with Crippen LogP contribution in [0.25, 0.3) is 0 Å². The maximum Gasteiger partial charge on any atom is 0.331 e. The maximum absolute atomic E-state index is 13.2. The lowest BCUT2D eigenvalue weighted by Gasteiger charge is -2.26. The Hall–Kier alpha value is -2.53. The number of hydrogen-bond donors (Lipinski definition) is 0. The lowest BCUT2D eigenvalue weighted by molar-refractivity contribution is -0.143. The second kappa shape index (κ2) is 14.6. The molecule has 0 aliphatic carbocycles. The number of esters is 1. The second-order valence-electron chi connectivity index (χ2n) is 11.7. The van der Waals surface area contributed by atoms with E-state index in [1.165, 1.54) is 11.6 Å². The standard InChI is InChI=1S/C33H48O5/c1-9-28(14-15-29-24(4)13-16-30(35)37-29)20-23(3)12-10-11-22(2)19-25(5)31(36)27(7)32-26(6)21-33(8,38-32)17-18-34/h10-11,13-16,18-20,23-27,29,32H,9,12,17,21H2,1-8H3. The van der Waals surface area contributed by atoms with Gasteiger partial charge in [-0.2, -0.15) is 0 Å². The molecule has 5 nitrogen and oxygen atoms in total. The Labute approximate surface area is 230 Å². The number of cyclic esters (lactones) is 1. The average molecular weight is 525 g/mol. The molecule has 2 rings (SSSR count). The van der Waals surface area contributed by atoms with E-state index >= 15 is 0 Å². The van der Waals surface area contributed by atoms with E-state index in [1.807, 2.05) is 52.8 Å². The Morgan fingerprint density at radius 3 is 2.55 bits per heavy atom. The number of carbonyl (C=O) groups is 3. The summed E-state index contributed by atoms with van der Waals surface area (Å²) in [6.07, 6.45) is 19.5. The van der Waals surface area contributed by atoms with Crippen LogP contribution in [0.3, 0.4) is 0 Å². The number of ether oxygens (including phenoxy) is 2. The highest BCUT2D eigenvalue weighted by Gasteiger charge is 2.45. The van der Waals surface area contributed by atoms with Crippen molar-refractivity contribution in [2.75, 3.05) is 0 Å². The van der Waals surface area contributed by atoms with Crippen LogP contribution in [-0.4, -0.2) is 35.8 Å². The molecule has 1 saturated heterocycles. The van der Waals surface area contributed by atoms with Gasteiger partial charge in [0.05, 0.1) is 11.7 Å². The molecule has 2 heterocycles. The summed E-state index contributed by atoms with van der Waals surface area (Å²) in [6.45, 7) is 16.4. The van der Waals surface area contributed by atoms with E-state index in [0.29, 0.717) is 12.3 Å². The number of hydrogen-bond acceptors (Lipinski definition) is 5. The van der Waals surface area contributed by atoms with Crippen LogP contribution in [0.1, 0.15) is 81.1 Å². The molecule has 0 aromatic carbocycles. The first-order valence-corrected chi connectivity index (χ1v) is 14.2. The number of carbonyl (C=O) groups excluding carboxylic acids is 3. The molecule has 2 aliphatic heterocycles. The second-order valence-corrected chi connectivity index (χ2v) is 11.7. The molecule has 0 aromatic heterocycles. The van der Waals surface area contributed by atoms with Crippen molar-refractivity contribution in [2.24, 2.45) is 29.6 Å². The largest absolute Gasteiger partial charge is 0.454 e. The zero-order chi connectivity index (χ0) is 28.5. The summed E-state index contributed by atoms with van der Waals surface area (Å²) in [5.74, 6) is 0.232. The average Bonchev–Trinajstić information content (AvgIpc) is 3.16. The third-order valence-corrected chi connectivity index (χ3v) is 7.76. The molecule has 0 bridgehead atoms. The van der Waals surface area contributed by atoms with E-state index in [9.17, 15) is 14.4 Å². The van der Waals surface area contributed by atoms with Gasteiger partial charge < -0.3 is 14.3 Å². The SMILES string of the molecule is CCC(C=CC1OC(=O)C=CC1C)=CC(C)CC=CC(C)=CC(C)C(=O)C(C)C1OC(C)(CC=O)CC1C. The van der Waals surface area contributed by atoms with Gasteiger partial charge in [-0.1, -0.05) is 89.1 Å². The van der Waals surface area contributed by atoms with Crippen molar-refractivity contribution in [3.05, 3.63) is 59.8 Å². The highest BCUT2D eigenvalue weighted by molar-refractivity contribution is 5.85. The molecular formula is C33H48O5. The molecule has 0 spiro atoms. The lowest BCUT2D eigenvalue weighted by Crippen LogP contribution is -2.34. The van der Waals surface area contributed by atoms with Crippen molar-refractivity contribution in [1.82, 2.24) is 0 Å². The van der Waals surface area contributed by atoms with Gasteiger partial charge in [0.25, 0.3) is 0 Å². The molecule has 2 aliphatic rings. The minimum absolute atomic E-state index is 0.154. The number of allylic oxidation sites excluding steroid dienone is 7. The molecule has 0 N–H and O–H groups in total. The van der Waals surface area contributed by atoms with Crippen molar-refractivity contribution in [3.63, 3.8) is 0 Å². The summed E-state index contributed by atoms with van der Waals surface area (Å²) in [5, 5.41) is 0. The number of aldehydes is 1. The third kappa shape index (κ3) is 9.34. The normalized spacial score (nSPS) is 31.0. The maximum atomic E-state index is 13.2. The molecule has 0 amide bonds. The van der Waals surface area contributed by atoms with Gasteiger partial charge in [0, 0.05) is 30.3 Å². The summed E-state index contributed by atoms with van der Waals surface area (Å²) < 4.78 is 11.6. The fourth-order valence-corrected chi connectivity index (χ4v) is 5.55. The first-order valence-electron chi connectivity index (χ1n) is 14.2. The predicted molar refractivity (Wildman–Crippen MR) is 153 cm³/mol. The minimum Gasteiger partial charge on any atom is -0.454 e. The lowest BCUT2D eigenvalue weighted by atomic mass is 9.83. The summed E-state index contributed by atoms with van der Waals surface area (Å²) in [7, 11) is 0. The summed E-state index contributed by atoms with van der Waals surface area (Å²) in [6, 6.07) is 0. The van der Waals surface area contributed by atoms with Crippen LogP contribution in [0.2, 0.25) is 0 Å². The Bertz CT molecular complexity index is 983. The van der Waals surface area contributed by atoms with E-state index in [2.05, 4.69) is 45.1 Å². The summed E-state index contributed by atoms with van der Waals surface area (Å²) in [5.41, 5.74) is 1.82. The Kier molecular flexibility index (Phi) is 12.2. The fourth-order valence-electron chi connectivity index (χ4n) is 5.55. The van der Waals surface area contributed by atoms with Crippen LogP contribution in [0.15, 0.2) is 59.8 Å². The van der Waals surface area contributed by atoms with Crippen LogP contribution in [0, 0.1) is 29.6 Å². The van der Waals surface area contributed by atoms with Crippen LogP contribution in [0.5, 0.6) is 0 Å². The quantitative estimate of drug-likeness (QED) is 0.145. The van der Waals surface area contributed by atoms with Crippen LogP contribution >= 0.6 is 0 Å². The molecule has 8 atom stereocenters. The zero-order valence-corrected chi connectivity index (χ0v) is 24.6. The van der Waals surface area contributed by atoms with Crippen LogP contribution in [-0.2, 0) is 23.9 Å². The van der Waals surface area contributed by atoms with Gasteiger partial charge in [-0.3, -0.25) is 4.79 Å². The number of ketones is 1. The predicted octanol–water partition coefficient (Wildman–Crippen LogP) is 7.14.